The van der Waals surface area contributed by atoms with Crippen LogP contribution in [0.15, 0.2) is 30.5 Å². The summed E-state index contributed by atoms with van der Waals surface area (Å²) in [6.45, 7) is 6.11. The lowest BCUT2D eigenvalue weighted by molar-refractivity contribution is 0.0853. The van der Waals surface area contributed by atoms with Crippen molar-refractivity contribution in [3.05, 3.63) is 36.0 Å². The van der Waals surface area contributed by atoms with Gasteiger partial charge in [0, 0.05) is 36.3 Å². The zero-order valence-corrected chi connectivity index (χ0v) is 13.3. The third-order valence-electron chi connectivity index (χ3n) is 4.46. The van der Waals surface area contributed by atoms with E-state index in [0.717, 1.165) is 37.1 Å². The van der Waals surface area contributed by atoms with Gasteiger partial charge >= 0.3 is 0 Å². The minimum Gasteiger partial charge on any atom is -0.490 e. The minimum atomic E-state index is -0.499. The van der Waals surface area contributed by atoms with Crippen molar-refractivity contribution < 1.29 is 9.13 Å². The molecule has 0 amide bonds. The number of likely N-dealkylation sites (tertiary alicyclic amines) is 1. The van der Waals surface area contributed by atoms with Crippen LogP contribution in [0.4, 0.5) is 4.39 Å². The highest BCUT2D eigenvalue weighted by molar-refractivity contribution is 5.87. The molecular weight excluding hydrogens is 279 g/mol. The van der Waals surface area contributed by atoms with Crippen molar-refractivity contribution in [2.75, 3.05) is 13.1 Å². The molecule has 0 aliphatic carbocycles. The number of benzene rings is 1. The fraction of sp³-hybridized carbons (Fsp3) is 0.500. The number of aromatic nitrogens is 1. The summed E-state index contributed by atoms with van der Waals surface area (Å²) in [5.74, 6) is 0.822. The number of hydrogen-bond acceptors (Lipinski definition) is 3. The van der Waals surface area contributed by atoms with Crippen molar-refractivity contribution in [1.82, 2.24) is 9.88 Å². The molecule has 3 rings (SSSR count). The van der Waals surface area contributed by atoms with E-state index in [9.17, 15) is 4.39 Å². The van der Waals surface area contributed by atoms with E-state index in [-0.39, 0.29) is 6.10 Å². The van der Waals surface area contributed by atoms with E-state index in [1.807, 2.05) is 18.2 Å². The van der Waals surface area contributed by atoms with E-state index >= 15 is 0 Å². The molecule has 118 valence electrons. The first-order chi connectivity index (χ1) is 10.7. The lowest BCUT2D eigenvalue weighted by Gasteiger charge is -2.34. The number of rotatable bonds is 4. The third kappa shape index (κ3) is 3.07. The van der Waals surface area contributed by atoms with Crippen LogP contribution in [0.1, 0.15) is 32.3 Å². The van der Waals surface area contributed by atoms with Crippen LogP contribution in [0.2, 0.25) is 0 Å². The van der Waals surface area contributed by atoms with E-state index in [0.29, 0.717) is 17.1 Å². The fourth-order valence-electron chi connectivity index (χ4n) is 3.11. The number of alkyl halides is 1. The first-order valence-electron chi connectivity index (χ1n) is 8.02. The summed E-state index contributed by atoms with van der Waals surface area (Å²) in [6.07, 6.45) is 4.00. The molecule has 0 radical (unpaired) electrons. The minimum absolute atomic E-state index is 0.231. The highest BCUT2D eigenvalue weighted by atomic mass is 19.1. The molecule has 0 atom stereocenters. The number of nitrogens with zero attached hydrogens (tertiary/aromatic N) is 2. The summed E-state index contributed by atoms with van der Waals surface area (Å²) in [4.78, 5) is 6.79. The molecule has 1 saturated heterocycles. The maximum absolute atomic E-state index is 13.1. The largest absolute Gasteiger partial charge is 0.490 e. The van der Waals surface area contributed by atoms with Gasteiger partial charge in [0.1, 0.15) is 18.5 Å². The van der Waals surface area contributed by atoms with Crippen molar-refractivity contribution in [3.8, 4) is 5.75 Å². The Bertz CT molecular complexity index is 636. The summed E-state index contributed by atoms with van der Waals surface area (Å²) >= 11 is 0. The number of halogens is 1. The number of piperidine rings is 1. The first kappa shape index (κ1) is 15.2. The fourth-order valence-corrected chi connectivity index (χ4v) is 3.11. The molecule has 1 aliphatic rings. The highest BCUT2D eigenvalue weighted by Gasteiger charge is 2.22. The van der Waals surface area contributed by atoms with Crippen LogP contribution in [0, 0.1) is 0 Å². The first-order valence-corrected chi connectivity index (χ1v) is 8.02. The molecule has 1 aliphatic heterocycles. The third-order valence-corrected chi connectivity index (χ3v) is 4.46. The van der Waals surface area contributed by atoms with Gasteiger partial charge in [-0.1, -0.05) is 12.1 Å². The van der Waals surface area contributed by atoms with Gasteiger partial charge in [-0.2, -0.15) is 0 Å². The van der Waals surface area contributed by atoms with Gasteiger partial charge in [-0.3, -0.25) is 4.98 Å². The predicted molar refractivity (Wildman–Crippen MR) is 86.9 cm³/mol. The standard InChI is InChI=1S/C18H23FN2O/c1-13(2)21-10-7-15(8-11-21)22-17-6-9-20-18-14(12-19)4-3-5-16(17)18/h3-6,9,13,15H,7-8,10-12H2,1-2H3. The maximum Gasteiger partial charge on any atom is 0.130 e. The van der Waals surface area contributed by atoms with Crippen LogP contribution < -0.4 is 4.74 Å². The molecule has 0 spiro atoms. The van der Waals surface area contributed by atoms with Gasteiger partial charge < -0.3 is 9.64 Å². The Morgan fingerprint density at radius 2 is 2.05 bits per heavy atom. The Balaban J connectivity index is 1.78. The molecule has 2 aromatic rings. The van der Waals surface area contributed by atoms with E-state index < -0.39 is 6.67 Å². The number of hydrogen-bond donors (Lipinski definition) is 0. The van der Waals surface area contributed by atoms with Gasteiger partial charge in [-0.05, 0) is 38.8 Å². The summed E-state index contributed by atoms with van der Waals surface area (Å²) in [5.41, 5.74) is 1.33. The molecule has 0 unspecified atom stereocenters. The van der Waals surface area contributed by atoms with E-state index in [1.165, 1.54) is 0 Å². The second kappa shape index (κ2) is 6.61. The van der Waals surface area contributed by atoms with Gasteiger partial charge in [0.15, 0.2) is 0 Å². The molecule has 4 heteroatoms. The second-order valence-electron chi connectivity index (χ2n) is 6.20. The zero-order valence-electron chi connectivity index (χ0n) is 13.3. The topological polar surface area (TPSA) is 25.4 Å². The molecule has 0 bridgehead atoms. The molecule has 0 N–H and O–H groups in total. The quantitative estimate of drug-likeness (QED) is 0.855. The Morgan fingerprint density at radius 3 is 2.73 bits per heavy atom. The van der Waals surface area contributed by atoms with Crippen molar-refractivity contribution in [3.63, 3.8) is 0 Å². The normalized spacial score (nSPS) is 17.3. The number of para-hydroxylation sites is 1. The molecular formula is C18H23FN2O. The van der Waals surface area contributed by atoms with Crippen LogP contribution in [-0.4, -0.2) is 35.1 Å². The number of fused-ring (bicyclic) bond motifs is 1. The van der Waals surface area contributed by atoms with Crippen LogP contribution in [0.25, 0.3) is 10.9 Å². The van der Waals surface area contributed by atoms with Crippen molar-refractivity contribution in [2.45, 2.75) is 45.5 Å². The summed E-state index contributed by atoms with van der Waals surface area (Å²) in [7, 11) is 0. The molecule has 1 aromatic heterocycles. The zero-order chi connectivity index (χ0) is 15.5. The average molecular weight is 302 g/mol. The summed E-state index contributed by atoms with van der Waals surface area (Å²) in [6, 6.07) is 8.09. The molecule has 2 heterocycles. The lowest BCUT2D eigenvalue weighted by Crippen LogP contribution is -2.41. The number of ether oxygens (including phenoxy) is 1. The average Bonchev–Trinajstić information content (AvgIpc) is 2.55. The van der Waals surface area contributed by atoms with Crippen molar-refractivity contribution >= 4 is 10.9 Å². The lowest BCUT2D eigenvalue weighted by atomic mass is 10.1. The Kier molecular flexibility index (Phi) is 4.57. The van der Waals surface area contributed by atoms with Crippen molar-refractivity contribution in [1.29, 1.82) is 0 Å². The molecule has 1 fully saturated rings. The van der Waals surface area contributed by atoms with E-state index in [2.05, 4.69) is 23.7 Å². The molecule has 22 heavy (non-hydrogen) atoms. The Morgan fingerprint density at radius 1 is 1.27 bits per heavy atom. The van der Waals surface area contributed by atoms with Gasteiger partial charge in [0.25, 0.3) is 0 Å². The van der Waals surface area contributed by atoms with E-state index in [1.54, 1.807) is 12.3 Å². The molecule has 0 saturated carbocycles. The Hall–Kier alpha value is -1.68. The second-order valence-corrected chi connectivity index (χ2v) is 6.20. The van der Waals surface area contributed by atoms with Gasteiger partial charge in [0.2, 0.25) is 0 Å². The van der Waals surface area contributed by atoms with Gasteiger partial charge in [-0.15, -0.1) is 0 Å². The smallest absolute Gasteiger partial charge is 0.130 e. The van der Waals surface area contributed by atoms with Crippen LogP contribution in [-0.2, 0) is 6.67 Å². The number of pyridine rings is 1. The van der Waals surface area contributed by atoms with Crippen molar-refractivity contribution in [2.24, 2.45) is 0 Å². The summed E-state index contributed by atoms with van der Waals surface area (Å²) < 4.78 is 19.3. The molecule has 3 nitrogen and oxygen atoms in total. The van der Waals surface area contributed by atoms with Gasteiger partial charge in [0.05, 0.1) is 5.52 Å². The van der Waals surface area contributed by atoms with Gasteiger partial charge in [-0.25, -0.2) is 4.39 Å². The van der Waals surface area contributed by atoms with E-state index in [4.69, 9.17) is 4.74 Å². The maximum atomic E-state index is 13.1. The predicted octanol–water partition coefficient (Wildman–Crippen LogP) is 3.96. The summed E-state index contributed by atoms with van der Waals surface area (Å²) in [5, 5.41) is 0.906. The monoisotopic (exact) mass is 302 g/mol. The SMILES string of the molecule is CC(C)N1CCC(Oc2ccnc3c(CF)cccc23)CC1. The molecule has 1 aromatic carbocycles. The van der Waals surface area contributed by atoms with Crippen LogP contribution >= 0.6 is 0 Å². The highest BCUT2D eigenvalue weighted by Crippen LogP contribution is 2.29. The van der Waals surface area contributed by atoms with Crippen LogP contribution in [0.5, 0.6) is 5.75 Å². The Labute approximate surface area is 131 Å². The van der Waals surface area contributed by atoms with Crippen LogP contribution in [0.3, 0.4) is 0 Å².